The lowest BCUT2D eigenvalue weighted by Crippen LogP contribution is -2.16. The fraction of sp³-hybridized carbons (Fsp3) is 0.0714. The number of hydrogen-bond donors (Lipinski definition) is 2. The van der Waals surface area contributed by atoms with Gasteiger partial charge in [-0.05, 0) is 31.2 Å². The summed E-state index contributed by atoms with van der Waals surface area (Å²) in [5, 5.41) is 5.50. The number of carbonyl (C=O) groups is 1. The normalized spacial score (nSPS) is 10.8. The molecule has 6 nitrogen and oxygen atoms in total. The van der Waals surface area contributed by atoms with Crippen molar-refractivity contribution in [3.05, 3.63) is 62.6 Å². The molecule has 1 amide bonds. The van der Waals surface area contributed by atoms with Gasteiger partial charge in [0.15, 0.2) is 5.65 Å². The molecule has 7 heteroatoms. The zero-order valence-corrected chi connectivity index (χ0v) is 12.6. The Kier molecular flexibility index (Phi) is 3.34. The first-order valence-electron chi connectivity index (χ1n) is 6.19. The molecule has 0 radical (unpaired) electrons. The summed E-state index contributed by atoms with van der Waals surface area (Å²) in [7, 11) is 0. The lowest BCUT2D eigenvalue weighted by atomic mass is 10.2. The monoisotopic (exact) mass is 346 g/mol. The summed E-state index contributed by atoms with van der Waals surface area (Å²) >= 11 is 3.33. The second kappa shape index (κ2) is 5.17. The maximum Gasteiger partial charge on any atom is 0.272 e. The summed E-state index contributed by atoms with van der Waals surface area (Å²) in [6, 6.07) is 8.62. The van der Waals surface area contributed by atoms with Gasteiger partial charge in [-0.2, -0.15) is 0 Å². The lowest BCUT2D eigenvalue weighted by Gasteiger charge is -2.04. The van der Waals surface area contributed by atoms with E-state index in [1.165, 1.54) is 16.8 Å². The number of aromatic nitrogens is 3. The highest BCUT2D eigenvalue weighted by molar-refractivity contribution is 9.10. The summed E-state index contributed by atoms with van der Waals surface area (Å²) in [5.41, 5.74) is 1.61. The average molecular weight is 347 g/mol. The Morgan fingerprint density at radius 3 is 2.76 bits per heavy atom. The number of aryl methyl sites for hydroxylation is 1. The molecule has 3 rings (SSSR count). The minimum atomic E-state index is -0.325. The second-order valence-electron chi connectivity index (χ2n) is 4.54. The number of H-pyrrole nitrogens is 1. The van der Waals surface area contributed by atoms with E-state index >= 15 is 0 Å². The topological polar surface area (TPSA) is 79.3 Å². The van der Waals surface area contributed by atoms with Crippen LogP contribution < -0.4 is 10.9 Å². The van der Waals surface area contributed by atoms with E-state index in [0.29, 0.717) is 22.6 Å². The zero-order valence-electron chi connectivity index (χ0n) is 11.1. The number of anilines is 1. The van der Waals surface area contributed by atoms with E-state index in [1.807, 2.05) is 12.1 Å². The molecule has 0 spiro atoms. The molecule has 2 N–H and O–H groups in total. The van der Waals surface area contributed by atoms with Crippen LogP contribution in [-0.4, -0.2) is 20.5 Å². The summed E-state index contributed by atoms with van der Waals surface area (Å²) in [5.74, 6) is -0.325. The molecule has 106 valence electrons. The summed E-state index contributed by atoms with van der Waals surface area (Å²) in [6.45, 7) is 1.71. The Bertz CT molecular complexity index is 880. The van der Waals surface area contributed by atoms with Gasteiger partial charge in [-0.25, -0.2) is 9.50 Å². The first kappa shape index (κ1) is 13.6. The summed E-state index contributed by atoms with van der Waals surface area (Å²) < 4.78 is 2.17. The molecule has 2 heterocycles. The van der Waals surface area contributed by atoms with Gasteiger partial charge in [-0.1, -0.05) is 15.9 Å². The minimum absolute atomic E-state index is 0.250. The van der Waals surface area contributed by atoms with Crippen LogP contribution >= 0.6 is 15.9 Å². The number of benzene rings is 1. The van der Waals surface area contributed by atoms with E-state index in [1.54, 1.807) is 19.1 Å². The third kappa shape index (κ3) is 2.59. The number of carbonyl (C=O) groups excluding carboxylic acids is 1. The molecule has 0 saturated heterocycles. The molecule has 0 aliphatic heterocycles. The van der Waals surface area contributed by atoms with Crippen molar-refractivity contribution in [2.75, 3.05) is 5.32 Å². The minimum Gasteiger partial charge on any atom is -0.322 e. The van der Waals surface area contributed by atoms with Gasteiger partial charge in [-0.3, -0.25) is 14.7 Å². The van der Waals surface area contributed by atoms with Crippen molar-refractivity contribution >= 4 is 33.2 Å². The van der Waals surface area contributed by atoms with Gasteiger partial charge in [0.2, 0.25) is 0 Å². The van der Waals surface area contributed by atoms with Crippen LogP contribution in [0.2, 0.25) is 0 Å². The van der Waals surface area contributed by atoms with Crippen LogP contribution in [0.5, 0.6) is 0 Å². The smallest absolute Gasteiger partial charge is 0.272 e. The molecule has 0 saturated carbocycles. The molecule has 2 aromatic heterocycles. The van der Waals surface area contributed by atoms with Crippen molar-refractivity contribution in [2.45, 2.75) is 6.92 Å². The number of nitrogens with zero attached hydrogens (tertiary/aromatic N) is 2. The predicted molar refractivity (Wildman–Crippen MR) is 82.6 cm³/mol. The predicted octanol–water partition coefficient (Wildman–Crippen LogP) is 2.35. The molecule has 0 atom stereocenters. The molecule has 0 aliphatic rings. The van der Waals surface area contributed by atoms with Crippen LogP contribution in [0.15, 0.2) is 45.8 Å². The van der Waals surface area contributed by atoms with Crippen LogP contribution in [0.1, 0.15) is 16.1 Å². The number of hydrogen-bond acceptors (Lipinski definition) is 3. The maximum absolute atomic E-state index is 12.3. The summed E-state index contributed by atoms with van der Waals surface area (Å²) in [4.78, 5) is 28.3. The number of rotatable bonds is 2. The maximum atomic E-state index is 12.3. The van der Waals surface area contributed by atoms with Gasteiger partial charge in [0.25, 0.3) is 11.5 Å². The van der Waals surface area contributed by atoms with Crippen LogP contribution in [0.4, 0.5) is 5.69 Å². The van der Waals surface area contributed by atoms with E-state index in [2.05, 4.69) is 31.3 Å². The third-order valence-corrected chi connectivity index (χ3v) is 3.50. The van der Waals surface area contributed by atoms with Crippen molar-refractivity contribution in [2.24, 2.45) is 0 Å². The van der Waals surface area contributed by atoms with Crippen molar-refractivity contribution in [1.82, 2.24) is 14.6 Å². The molecule has 0 fully saturated rings. The second-order valence-corrected chi connectivity index (χ2v) is 5.46. The molecule has 0 bridgehead atoms. The summed E-state index contributed by atoms with van der Waals surface area (Å²) in [6.07, 6.45) is 1.47. The van der Waals surface area contributed by atoms with E-state index < -0.39 is 0 Å². The standard InChI is InChI=1S/C14H11BrN4O2/c1-8-6-12(20)19-13(17-8)11(7-16-19)14(21)18-10-4-2-9(15)3-5-10/h2-7,16H,1H3,(H,18,21). The molecular weight excluding hydrogens is 336 g/mol. The molecule has 21 heavy (non-hydrogen) atoms. The van der Waals surface area contributed by atoms with Crippen LogP contribution in [0, 0.1) is 6.92 Å². The molecule has 0 unspecified atom stereocenters. The Labute approximate surface area is 127 Å². The fourth-order valence-electron chi connectivity index (χ4n) is 1.99. The van der Waals surface area contributed by atoms with Gasteiger partial charge in [-0.15, -0.1) is 0 Å². The number of amides is 1. The largest absolute Gasteiger partial charge is 0.322 e. The Morgan fingerprint density at radius 2 is 2.05 bits per heavy atom. The number of nitrogens with one attached hydrogen (secondary N) is 2. The van der Waals surface area contributed by atoms with Crippen molar-refractivity contribution in [3.8, 4) is 0 Å². The van der Waals surface area contributed by atoms with Gasteiger partial charge in [0, 0.05) is 28.1 Å². The lowest BCUT2D eigenvalue weighted by molar-refractivity contribution is 0.102. The first-order chi connectivity index (χ1) is 10.0. The van der Waals surface area contributed by atoms with Gasteiger partial charge in [0.1, 0.15) is 5.56 Å². The highest BCUT2D eigenvalue weighted by atomic mass is 79.9. The van der Waals surface area contributed by atoms with Crippen LogP contribution in [-0.2, 0) is 0 Å². The number of halogens is 1. The first-order valence-corrected chi connectivity index (χ1v) is 6.98. The van der Waals surface area contributed by atoms with Crippen LogP contribution in [0.25, 0.3) is 5.65 Å². The van der Waals surface area contributed by atoms with E-state index in [9.17, 15) is 9.59 Å². The molecule has 3 aromatic rings. The van der Waals surface area contributed by atoms with Gasteiger partial charge < -0.3 is 5.32 Å². The molecule has 0 aliphatic carbocycles. The van der Waals surface area contributed by atoms with Gasteiger partial charge in [0.05, 0.1) is 0 Å². The van der Waals surface area contributed by atoms with E-state index in [0.717, 1.165) is 4.47 Å². The van der Waals surface area contributed by atoms with Crippen molar-refractivity contribution in [3.63, 3.8) is 0 Å². The fourth-order valence-corrected chi connectivity index (χ4v) is 2.26. The van der Waals surface area contributed by atoms with Crippen molar-refractivity contribution in [1.29, 1.82) is 0 Å². The third-order valence-electron chi connectivity index (χ3n) is 2.97. The number of aromatic amines is 1. The van der Waals surface area contributed by atoms with E-state index in [-0.39, 0.29) is 11.5 Å². The van der Waals surface area contributed by atoms with Crippen molar-refractivity contribution < 1.29 is 4.79 Å². The average Bonchev–Trinajstić information content (AvgIpc) is 2.85. The molecule has 1 aromatic carbocycles. The van der Waals surface area contributed by atoms with Gasteiger partial charge >= 0.3 is 0 Å². The zero-order chi connectivity index (χ0) is 15.0. The number of fused-ring (bicyclic) bond motifs is 1. The Hall–Kier alpha value is -2.41. The highest BCUT2D eigenvalue weighted by Gasteiger charge is 2.15. The highest BCUT2D eigenvalue weighted by Crippen LogP contribution is 2.16. The SMILES string of the molecule is Cc1cc(=O)n2[nH]cc(C(=O)Nc3ccc(Br)cc3)c2n1. The Balaban J connectivity index is 1.98. The Morgan fingerprint density at radius 1 is 1.33 bits per heavy atom. The quantitative estimate of drug-likeness (QED) is 0.747. The van der Waals surface area contributed by atoms with E-state index in [4.69, 9.17) is 0 Å². The molecular formula is C14H11BrN4O2. The van der Waals surface area contributed by atoms with Crippen LogP contribution in [0.3, 0.4) is 0 Å².